The molecule has 100 valence electrons. The van der Waals surface area contributed by atoms with Crippen LogP contribution in [0.25, 0.3) is 0 Å². The number of hydrogen-bond acceptors (Lipinski definition) is 3. The van der Waals surface area contributed by atoms with Gasteiger partial charge in [0.05, 0.1) is 18.8 Å². The van der Waals surface area contributed by atoms with Crippen LogP contribution in [0.3, 0.4) is 0 Å². The average Bonchev–Trinajstić information content (AvgIpc) is 2.87. The standard InChI is InChI=1S/C15H23NO2/c1-3-12-18-16-11-7-10-14(16)15(17-2)13-8-5-4-6-9-13/h4-6,8-9,14-15H,3,7,10-12H2,1-2H3/t14-,15+/m1/s1. The van der Waals surface area contributed by atoms with Crippen LogP contribution in [0.15, 0.2) is 30.3 Å². The molecule has 0 spiro atoms. The van der Waals surface area contributed by atoms with E-state index in [9.17, 15) is 0 Å². The van der Waals surface area contributed by atoms with E-state index in [4.69, 9.17) is 9.57 Å². The molecule has 1 aliphatic rings. The second-order valence-corrected chi connectivity index (χ2v) is 4.75. The first-order chi connectivity index (χ1) is 8.86. The van der Waals surface area contributed by atoms with Gasteiger partial charge in [0.15, 0.2) is 0 Å². The van der Waals surface area contributed by atoms with Crippen molar-refractivity contribution in [1.82, 2.24) is 5.06 Å². The Morgan fingerprint density at radius 3 is 2.78 bits per heavy atom. The highest BCUT2D eigenvalue weighted by atomic mass is 16.7. The predicted molar refractivity (Wildman–Crippen MR) is 72.2 cm³/mol. The van der Waals surface area contributed by atoms with E-state index in [1.165, 1.54) is 12.0 Å². The second-order valence-electron chi connectivity index (χ2n) is 4.75. The summed E-state index contributed by atoms with van der Waals surface area (Å²) in [6, 6.07) is 10.8. The molecule has 0 amide bonds. The van der Waals surface area contributed by atoms with Crippen molar-refractivity contribution >= 4 is 0 Å². The van der Waals surface area contributed by atoms with Gasteiger partial charge < -0.3 is 4.74 Å². The van der Waals surface area contributed by atoms with Crippen LogP contribution in [0.1, 0.15) is 37.9 Å². The molecule has 0 saturated carbocycles. The summed E-state index contributed by atoms with van der Waals surface area (Å²) >= 11 is 0. The lowest BCUT2D eigenvalue weighted by Crippen LogP contribution is -2.35. The molecule has 18 heavy (non-hydrogen) atoms. The fraction of sp³-hybridized carbons (Fsp3) is 0.600. The number of nitrogens with zero attached hydrogens (tertiary/aromatic N) is 1. The maximum absolute atomic E-state index is 5.82. The van der Waals surface area contributed by atoms with Gasteiger partial charge in [0, 0.05) is 13.7 Å². The highest BCUT2D eigenvalue weighted by molar-refractivity contribution is 5.19. The molecule has 1 heterocycles. The van der Waals surface area contributed by atoms with Crippen LogP contribution in [0.4, 0.5) is 0 Å². The summed E-state index contributed by atoms with van der Waals surface area (Å²) in [7, 11) is 1.79. The monoisotopic (exact) mass is 249 g/mol. The number of hydroxylamine groups is 2. The molecular formula is C15H23NO2. The molecule has 1 fully saturated rings. The minimum absolute atomic E-state index is 0.102. The Labute approximate surface area is 110 Å². The van der Waals surface area contributed by atoms with Gasteiger partial charge in [-0.05, 0) is 24.8 Å². The normalized spacial score (nSPS) is 22.2. The lowest BCUT2D eigenvalue weighted by Gasteiger charge is -2.30. The fourth-order valence-electron chi connectivity index (χ4n) is 2.60. The second kappa shape index (κ2) is 6.88. The van der Waals surface area contributed by atoms with Crippen molar-refractivity contribution in [1.29, 1.82) is 0 Å². The van der Waals surface area contributed by atoms with E-state index in [2.05, 4.69) is 36.3 Å². The zero-order valence-corrected chi connectivity index (χ0v) is 11.3. The maximum Gasteiger partial charge on any atom is 0.0999 e. The molecule has 1 saturated heterocycles. The molecule has 1 aromatic carbocycles. The van der Waals surface area contributed by atoms with Gasteiger partial charge in [-0.25, -0.2) is 0 Å². The van der Waals surface area contributed by atoms with Gasteiger partial charge in [-0.15, -0.1) is 0 Å². The Balaban J connectivity index is 2.07. The lowest BCUT2D eigenvalue weighted by molar-refractivity contribution is -0.191. The van der Waals surface area contributed by atoms with Crippen molar-refractivity contribution in [3.05, 3.63) is 35.9 Å². The molecular weight excluding hydrogens is 226 g/mol. The third-order valence-corrected chi connectivity index (χ3v) is 3.44. The summed E-state index contributed by atoms with van der Waals surface area (Å²) in [6.45, 7) is 3.94. The van der Waals surface area contributed by atoms with Gasteiger partial charge >= 0.3 is 0 Å². The minimum atomic E-state index is 0.102. The third kappa shape index (κ3) is 3.10. The quantitative estimate of drug-likeness (QED) is 0.773. The molecule has 3 heteroatoms. The van der Waals surface area contributed by atoms with Crippen LogP contribution < -0.4 is 0 Å². The summed E-state index contributed by atoms with van der Waals surface area (Å²) in [5.74, 6) is 0. The number of hydrogen-bond donors (Lipinski definition) is 0. The van der Waals surface area contributed by atoms with E-state index in [1.807, 2.05) is 6.07 Å². The zero-order chi connectivity index (χ0) is 12.8. The SMILES string of the molecule is CCCON1CCC[C@@H]1[C@@H](OC)c1ccccc1. The summed E-state index contributed by atoms with van der Waals surface area (Å²) in [4.78, 5) is 5.82. The van der Waals surface area contributed by atoms with Crippen LogP contribution in [0.2, 0.25) is 0 Å². The Bertz CT molecular complexity index is 342. The fourth-order valence-corrected chi connectivity index (χ4v) is 2.60. The van der Waals surface area contributed by atoms with E-state index in [-0.39, 0.29) is 6.10 Å². The van der Waals surface area contributed by atoms with Crippen molar-refractivity contribution in [2.75, 3.05) is 20.3 Å². The molecule has 0 unspecified atom stereocenters. The van der Waals surface area contributed by atoms with Crippen molar-refractivity contribution in [3.8, 4) is 0 Å². The molecule has 0 aliphatic carbocycles. The molecule has 1 aromatic rings. The van der Waals surface area contributed by atoms with Crippen molar-refractivity contribution in [2.24, 2.45) is 0 Å². The number of benzene rings is 1. The number of methoxy groups -OCH3 is 1. The van der Waals surface area contributed by atoms with Crippen LogP contribution >= 0.6 is 0 Å². The molecule has 1 aliphatic heterocycles. The van der Waals surface area contributed by atoms with E-state index in [1.54, 1.807) is 7.11 Å². The van der Waals surface area contributed by atoms with E-state index < -0.39 is 0 Å². The van der Waals surface area contributed by atoms with E-state index >= 15 is 0 Å². The zero-order valence-electron chi connectivity index (χ0n) is 11.3. The van der Waals surface area contributed by atoms with Crippen molar-refractivity contribution in [2.45, 2.75) is 38.3 Å². The molecule has 3 nitrogen and oxygen atoms in total. The van der Waals surface area contributed by atoms with E-state index in [0.29, 0.717) is 6.04 Å². The summed E-state index contributed by atoms with van der Waals surface area (Å²) in [5.41, 5.74) is 1.23. The first-order valence-corrected chi connectivity index (χ1v) is 6.84. The van der Waals surface area contributed by atoms with E-state index in [0.717, 1.165) is 26.0 Å². The molecule has 2 atom stereocenters. The third-order valence-electron chi connectivity index (χ3n) is 3.44. The largest absolute Gasteiger partial charge is 0.375 e. The number of rotatable bonds is 6. The summed E-state index contributed by atoms with van der Waals surface area (Å²) in [6.07, 6.45) is 3.47. The smallest absolute Gasteiger partial charge is 0.0999 e. The molecule has 2 rings (SSSR count). The Morgan fingerprint density at radius 2 is 2.11 bits per heavy atom. The van der Waals surface area contributed by atoms with Gasteiger partial charge in [-0.3, -0.25) is 4.84 Å². The number of ether oxygens (including phenoxy) is 1. The highest BCUT2D eigenvalue weighted by Crippen LogP contribution is 2.31. The minimum Gasteiger partial charge on any atom is -0.375 e. The maximum atomic E-state index is 5.82. The Kier molecular flexibility index (Phi) is 5.17. The average molecular weight is 249 g/mol. The van der Waals surface area contributed by atoms with Gasteiger partial charge in [0.25, 0.3) is 0 Å². The highest BCUT2D eigenvalue weighted by Gasteiger charge is 2.33. The summed E-state index contributed by atoms with van der Waals surface area (Å²) < 4.78 is 5.71. The van der Waals surface area contributed by atoms with Gasteiger partial charge in [0.1, 0.15) is 0 Å². The van der Waals surface area contributed by atoms with Gasteiger partial charge in [0.2, 0.25) is 0 Å². The van der Waals surface area contributed by atoms with Gasteiger partial charge in [-0.2, -0.15) is 5.06 Å². The van der Waals surface area contributed by atoms with Crippen molar-refractivity contribution < 1.29 is 9.57 Å². The van der Waals surface area contributed by atoms with Crippen LogP contribution in [-0.2, 0) is 9.57 Å². The Morgan fingerprint density at radius 1 is 1.33 bits per heavy atom. The molecule has 0 radical (unpaired) electrons. The van der Waals surface area contributed by atoms with Gasteiger partial charge in [-0.1, -0.05) is 37.3 Å². The predicted octanol–water partition coefficient (Wildman–Crippen LogP) is 3.18. The first-order valence-electron chi connectivity index (χ1n) is 6.84. The van der Waals surface area contributed by atoms with Crippen LogP contribution in [0.5, 0.6) is 0 Å². The first kappa shape index (κ1) is 13.5. The summed E-state index contributed by atoms with van der Waals surface area (Å²) in [5, 5.41) is 2.12. The lowest BCUT2D eigenvalue weighted by atomic mass is 10.0. The molecule has 0 bridgehead atoms. The topological polar surface area (TPSA) is 21.7 Å². The molecule has 0 N–H and O–H groups in total. The van der Waals surface area contributed by atoms with Crippen LogP contribution in [0, 0.1) is 0 Å². The van der Waals surface area contributed by atoms with Crippen LogP contribution in [-0.4, -0.2) is 31.4 Å². The van der Waals surface area contributed by atoms with Crippen molar-refractivity contribution in [3.63, 3.8) is 0 Å². The molecule has 0 aromatic heterocycles. The Hall–Kier alpha value is -0.900.